The number of aryl methyl sites for hydroxylation is 1. The minimum Gasteiger partial charge on any atom is -0.362 e. The van der Waals surface area contributed by atoms with Crippen LogP contribution < -0.4 is 10.6 Å². The Balaban J connectivity index is 1.64. The molecule has 146 valence electrons. The Labute approximate surface area is 164 Å². The van der Waals surface area contributed by atoms with Crippen molar-refractivity contribution in [2.24, 2.45) is 7.05 Å². The maximum atomic E-state index is 14.5. The van der Waals surface area contributed by atoms with Crippen LogP contribution in [-0.2, 0) is 11.8 Å². The monoisotopic (exact) mass is 404 g/mol. The number of nitrogens with one attached hydrogen (secondary N) is 3. The zero-order valence-electron chi connectivity index (χ0n) is 15.0. The van der Waals surface area contributed by atoms with Gasteiger partial charge in [0.05, 0.1) is 34.9 Å². The molecule has 11 heteroatoms. The largest absolute Gasteiger partial charge is 0.362 e. The predicted octanol–water partition coefficient (Wildman–Crippen LogP) is 2.24. The number of carbonyl (C=O) groups is 1. The Morgan fingerprint density at radius 1 is 1.46 bits per heavy atom. The first kappa shape index (κ1) is 18.2. The molecule has 1 saturated heterocycles. The van der Waals surface area contributed by atoms with Crippen molar-refractivity contribution < 1.29 is 9.18 Å². The Kier molecular flexibility index (Phi) is 4.63. The summed E-state index contributed by atoms with van der Waals surface area (Å²) in [5, 5.41) is 11.2. The third kappa shape index (κ3) is 3.38. The summed E-state index contributed by atoms with van der Waals surface area (Å²) in [5.74, 6) is 0.371. The van der Waals surface area contributed by atoms with Crippen LogP contribution in [0.25, 0.3) is 11.0 Å². The number of hydrogen-bond donors (Lipinski definition) is 3. The van der Waals surface area contributed by atoms with Gasteiger partial charge in [0, 0.05) is 26.0 Å². The third-order valence-corrected chi connectivity index (χ3v) is 4.80. The van der Waals surface area contributed by atoms with Crippen molar-refractivity contribution in [3.05, 3.63) is 36.3 Å². The molecule has 28 heavy (non-hydrogen) atoms. The molecule has 4 rings (SSSR count). The predicted molar refractivity (Wildman–Crippen MR) is 104 cm³/mol. The Morgan fingerprint density at radius 3 is 3.00 bits per heavy atom. The first-order valence-corrected chi connectivity index (χ1v) is 8.94. The molecule has 3 aromatic rings. The Morgan fingerprint density at radius 2 is 2.29 bits per heavy atom. The summed E-state index contributed by atoms with van der Waals surface area (Å²) in [4.78, 5) is 25.0. The van der Waals surface area contributed by atoms with E-state index in [0.29, 0.717) is 33.5 Å². The van der Waals surface area contributed by atoms with E-state index < -0.39 is 12.2 Å². The van der Waals surface area contributed by atoms with E-state index in [0.717, 1.165) is 0 Å². The first-order chi connectivity index (χ1) is 13.4. The van der Waals surface area contributed by atoms with Crippen LogP contribution in [-0.4, -0.2) is 60.8 Å². The number of aromatic amines is 1. The Hall–Kier alpha value is -3.14. The number of H-pyrrole nitrogens is 1. The summed E-state index contributed by atoms with van der Waals surface area (Å²) in [6.45, 7) is 3.64. The highest BCUT2D eigenvalue weighted by Crippen LogP contribution is 2.31. The summed E-state index contributed by atoms with van der Waals surface area (Å²) in [6.07, 6.45) is 4.93. The van der Waals surface area contributed by atoms with Gasteiger partial charge in [-0.15, -0.1) is 0 Å². The topological polar surface area (TPSA) is 104 Å². The second-order valence-corrected chi connectivity index (χ2v) is 6.91. The van der Waals surface area contributed by atoms with Crippen molar-refractivity contribution in [1.82, 2.24) is 29.6 Å². The number of amides is 1. The molecular formula is C17H18ClFN8O. The van der Waals surface area contributed by atoms with E-state index in [4.69, 9.17) is 11.6 Å². The first-order valence-electron chi connectivity index (χ1n) is 8.57. The maximum Gasteiger partial charge on any atom is 0.246 e. The van der Waals surface area contributed by atoms with Crippen molar-refractivity contribution in [2.45, 2.75) is 12.2 Å². The van der Waals surface area contributed by atoms with E-state index in [-0.39, 0.29) is 19.0 Å². The van der Waals surface area contributed by atoms with Crippen molar-refractivity contribution in [2.75, 3.05) is 23.7 Å². The van der Waals surface area contributed by atoms with E-state index in [1.807, 2.05) is 0 Å². The van der Waals surface area contributed by atoms with Crippen LogP contribution in [0.4, 0.5) is 21.8 Å². The van der Waals surface area contributed by atoms with E-state index in [1.54, 1.807) is 30.3 Å². The molecule has 0 unspecified atom stereocenters. The molecule has 4 heterocycles. The SMILES string of the molecule is C=CC(=O)N1C[C@@H](F)[C@H](Nc2nc(Nc3cnn(C)c3)nc3[nH]cc(Cl)c23)C1. The van der Waals surface area contributed by atoms with E-state index in [9.17, 15) is 9.18 Å². The fraction of sp³-hybridized carbons (Fsp3) is 0.294. The zero-order chi connectivity index (χ0) is 19.8. The Bertz CT molecular complexity index is 1050. The molecule has 3 aromatic heterocycles. The van der Waals surface area contributed by atoms with Gasteiger partial charge in [-0.25, -0.2) is 4.39 Å². The summed E-state index contributed by atoms with van der Waals surface area (Å²) in [7, 11) is 1.80. The lowest BCUT2D eigenvalue weighted by Crippen LogP contribution is -2.31. The smallest absolute Gasteiger partial charge is 0.246 e. The molecule has 0 aliphatic carbocycles. The summed E-state index contributed by atoms with van der Waals surface area (Å²) < 4.78 is 16.1. The van der Waals surface area contributed by atoms with Crippen molar-refractivity contribution in [3.63, 3.8) is 0 Å². The minimum atomic E-state index is -1.25. The van der Waals surface area contributed by atoms with Gasteiger partial charge in [0.15, 0.2) is 0 Å². The number of carbonyl (C=O) groups excluding carboxylic acids is 1. The highest BCUT2D eigenvalue weighted by atomic mass is 35.5. The molecule has 1 aliphatic heterocycles. The van der Waals surface area contributed by atoms with Crippen LogP contribution in [0.3, 0.4) is 0 Å². The average molecular weight is 405 g/mol. The molecule has 0 radical (unpaired) electrons. The second-order valence-electron chi connectivity index (χ2n) is 6.50. The number of fused-ring (bicyclic) bond motifs is 1. The van der Waals surface area contributed by atoms with Gasteiger partial charge in [0.25, 0.3) is 0 Å². The van der Waals surface area contributed by atoms with Crippen LogP contribution >= 0.6 is 11.6 Å². The maximum absolute atomic E-state index is 14.5. The lowest BCUT2D eigenvalue weighted by atomic mass is 10.2. The lowest BCUT2D eigenvalue weighted by Gasteiger charge is -2.17. The van der Waals surface area contributed by atoms with Crippen molar-refractivity contribution in [3.8, 4) is 0 Å². The molecular weight excluding hydrogens is 387 g/mol. The summed E-state index contributed by atoms with van der Waals surface area (Å²) in [5.41, 5.74) is 1.21. The lowest BCUT2D eigenvalue weighted by molar-refractivity contribution is -0.125. The zero-order valence-corrected chi connectivity index (χ0v) is 15.7. The van der Waals surface area contributed by atoms with Gasteiger partial charge in [-0.3, -0.25) is 9.48 Å². The molecule has 3 N–H and O–H groups in total. The van der Waals surface area contributed by atoms with Gasteiger partial charge in [-0.05, 0) is 6.08 Å². The molecule has 1 aliphatic rings. The quantitative estimate of drug-likeness (QED) is 0.563. The van der Waals surface area contributed by atoms with Gasteiger partial charge in [-0.1, -0.05) is 18.2 Å². The fourth-order valence-corrected chi connectivity index (χ4v) is 3.39. The number of halogens is 2. The van der Waals surface area contributed by atoms with Crippen LogP contribution in [0.5, 0.6) is 0 Å². The number of aromatic nitrogens is 5. The minimum absolute atomic E-state index is 0.00158. The standard InChI is InChI=1S/C17H18ClFN8O/c1-3-13(28)27-7-11(19)12(8-27)23-16-14-10(18)5-20-15(14)24-17(25-16)22-9-4-21-26(2)6-9/h3-6,11-12H,1,7-8H2,2H3,(H3,20,22,23,24,25)/t11-,12-/m1/s1. The van der Waals surface area contributed by atoms with Crippen molar-refractivity contribution >= 4 is 46.0 Å². The second kappa shape index (κ2) is 7.12. The van der Waals surface area contributed by atoms with Gasteiger partial charge in [0.1, 0.15) is 17.6 Å². The summed E-state index contributed by atoms with van der Waals surface area (Å²) >= 11 is 6.26. The van der Waals surface area contributed by atoms with E-state index in [2.05, 4.69) is 37.3 Å². The third-order valence-electron chi connectivity index (χ3n) is 4.50. The van der Waals surface area contributed by atoms with Crippen LogP contribution in [0.1, 0.15) is 0 Å². The number of rotatable bonds is 5. The molecule has 1 amide bonds. The van der Waals surface area contributed by atoms with Gasteiger partial charge < -0.3 is 20.5 Å². The number of anilines is 3. The van der Waals surface area contributed by atoms with E-state index >= 15 is 0 Å². The fourth-order valence-electron chi connectivity index (χ4n) is 3.16. The summed E-state index contributed by atoms with van der Waals surface area (Å²) in [6, 6.07) is -0.626. The molecule has 0 bridgehead atoms. The molecule has 0 aromatic carbocycles. The average Bonchev–Trinajstić information content (AvgIpc) is 3.35. The van der Waals surface area contributed by atoms with Gasteiger partial charge in [-0.2, -0.15) is 15.1 Å². The number of nitrogens with zero attached hydrogens (tertiary/aromatic N) is 5. The number of likely N-dealkylation sites (tertiary alicyclic amines) is 1. The van der Waals surface area contributed by atoms with Gasteiger partial charge in [0.2, 0.25) is 11.9 Å². The van der Waals surface area contributed by atoms with Crippen molar-refractivity contribution in [1.29, 1.82) is 0 Å². The van der Waals surface area contributed by atoms with Crippen LogP contribution in [0, 0.1) is 0 Å². The van der Waals surface area contributed by atoms with Gasteiger partial charge >= 0.3 is 0 Å². The normalized spacial score (nSPS) is 19.2. The number of hydrogen-bond acceptors (Lipinski definition) is 6. The molecule has 9 nitrogen and oxygen atoms in total. The molecule has 1 fully saturated rings. The molecule has 2 atom stereocenters. The van der Waals surface area contributed by atoms with Crippen LogP contribution in [0.2, 0.25) is 5.02 Å². The van der Waals surface area contributed by atoms with Crippen LogP contribution in [0.15, 0.2) is 31.2 Å². The van der Waals surface area contributed by atoms with E-state index in [1.165, 1.54) is 11.0 Å². The molecule has 0 spiro atoms. The molecule has 0 saturated carbocycles. The highest BCUT2D eigenvalue weighted by molar-refractivity contribution is 6.36. The number of alkyl halides is 1. The highest BCUT2D eigenvalue weighted by Gasteiger charge is 2.35.